The summed E-state index contributed by atoms with van der Waals surface area (Å²) in [7, 11) is 5.54. The van der Waals surface area contributed by atoms with E-state index < -0.39 is 23.9 Å². The second kappa shape index (κ2) is 84.3. The topological polar surface area (TPSA) is 259 Å². The molecule has 0 radical (unpaired) electrons. The van der Waals surface area contributed by atoms with Crippen LogP contribution in [0.25, 0.3) is 0 Å². The lowest BCUT2D eigenvalue weighted by Gasteiger charge is -2.07. The number of ether oxygens (including phenoxy) is 3. The first-order valence-electron chi connectivity index (χ1n) is 13.9. The van der Waals surface area contributed by atoms with Crippen LogP contribution in [0.1, 0.15) is 126 Å². The average molecular weight is 719 g/mol. The molecule has 0 aliphatic rings. The molecule has 0 saturated heterocycles. The zero-order chi connectivity index (χ0) is 41.3. The minimum Gasteiger partial charge on any atom is -0.481 e. The van der Waals surface area contributed by atoms with E-state index in [9.17, 15) is 28.8 Å². The Morgan fingerprint density at radius 1 is 0.469 bits per heavy atom. The minimum absolute atomic E-state index is 0. The lowest BCUT2D eigenvalue weighted by molar-refractivity contribution is -0.156. The van der Waals surface area contributed by atoms with Gasteiger partial charge in [-0.1, -0.05) is 70.2 Å². The number of nitriles is 2. The highest BCUT2D eigenvalue weighted by atomic mass is 16.6. The molecule has 0 saturated carbocycles. The van der Waals surface area contributed by atoms with Crippen molar-refractivity contribution >= 4 is 47.5 Å². The van der Waals surface area contributed by atoms with Gasteiger partial charge in [-0.2, -0.15) is 10.5 Å². The molecule has 49 heavy (non-hydrogen) atoms. The van der Waals surface area contributed by atoms with E-state index in [-0.39, 0.29) is 38.5 Å². The lowest BCUT2D eigenvalue weighted by Crippen LogP contribution is -2.28. The minimum atomic E-state index is -0.833. The molecule has 0 spiro atoms. The standard InChI is InChI=1S/2C5H9NO2.C4H6O3.2C2H3NO.2C2H4O2.4C2H6.2CH4/c2*1-4(7)6(3)5(2)8;1-3(5)7-4(2)6;2*1-4-2-3;2*1-2(3)4;4*1-2;;/h2*1-3H3;1-2H3;2*1H3;2*1H3,(H,3,4);4*1-2H3;2*1H4. The van der Waals surface area contributed by atoms with Gasteiger partial charge in [0.15, 0.2) is 0 Å². The van der Waals surface area contributed by atoms with E-state index in [0.717, 1.165) is 23.6 Å². The number of carbonyl (C=O) groups is 8. The molecule has 0 aromatic heterocycles. The number of methoxy groups -OCH3 is 2. The van der Waals surface area contributed by atoms with Gasteiger partial charge in [-0.15, -0.1) is 0 Å². The Balaban J connectivity index is -0.0000000274. The third-order valence-electron chi connectivity index (χ3n) is 2.36. The number of rotatable bonds is 0. The van der Waals surface area contributed by atoms with Crippen molar-refractivity contribution in [3.8, 4) is 12.5 Å². The van der Waals surface area contributed by atoms with Crippen LogP contribution in [-0.2, 0) is 52.6 Å². The van der Waals surface area contributed by atoms with Crippen molar-refractivity contribution in [2.45, 2.75) is 126 Å². The summed E-state index contributed by atoms with van der Waals surface area (Å²) >= 11 is 0. The number of hydrogen-bond donors (Lipinski definition) is 2. The monoisotopic (exact) mass is 718 g/mol. The van der Waals surface area contributed by atoms with Crippen molar-refractivity contribution in [3.05, 3.63) is 0 Å². The van der Waals surface area contributed by atoms with Crippen molar-refractivity contribution in [3.63, 3.8) is 0 Å². The number of hydrogen-bond acceptors (Lipinski definition) is 13. The van der Waals surface area contributed by atoms with Crippen LogP contribution in [0.15, 0.2) is 0 Å². The summed E-state index contributed by atoms with van der Waals surface area (Å²) in [5.74, 6) is -3.69. The summed E-state index contributed by atoms with van der Waals surface area (Å²) in [6.07, 6.45) is 2.86. The molecule has 0 rings (SSSR count). The Labute approximate surface area is 297 Å². The first-order valence-corrected chi connectivity index (χ1v) is 13.9. The van der Waals surface area contributed by atoms with E-state index in [4.69, 9.17) is 30.3 Å². The number of carboxylic acids is 2. The second-order valence-electron chi connectivity index (χ2n) is 5.91. The summed E-state index contributed by atoms with van der Waals surface area (Å²) in [4.78, 5) is 80.9. The molecule has 0 fully saturated rings. The molecule has 17 nitrogen and oxygen atoms in total. The first kappa shape index (κ1) is 84.6. The van der Waals surface area contributed by atoms with Crippen LogP contribution < -0.4 is 0 Å². The Morgan fingerprint density at radius 3 is 0.571 bits per heavy atom. The molecule has 0 heterocycles. The maximum Gasteiger partial charge on any atom is 0.310 e. The van der Waals surface area contributed by atoms with Gasteiger partial charge in [0.05, 0.1) is 14.2 Å². The van der Waals surface area contributed by atoms with E-state index in [1.54, 1.807) is 0 Å². The summed E-state index contributed by atoms with van der Waals surface area (Å²) < 4.78 is 11.7. The van der Waals surface area contributed by atoms with E-state index >= 15 is 0 Å². The quantitative estimate of drug-likeness (QED) is 0.168. The Hall–Kier alpha value is -5.06. The van der Waals surface area contributed by atoms with Gasteiger partial charge >= 0.3 is 11.9 Å². The maximum absolute atomic E-state index is 10.3. The van der Waals surface area contributed by atoms with Crippen LogP contribution >= 0.6 is 0 Å². The molecule has 296 valence electrons. The third-order valence-corrected chi connectivity index (χ3v) is 2.36. The second-order valence-corrected chi connectivity index (χ2v) is 5.91. The summed E-state index contributed by atoms with van der Waals surface area (Å²) in [5, 5.41) is 29.6. The first-order chi connectivity index (χ1) is 21.5. The average Bonchev–Trinajstić information content (AvgIpc) is 2.99. The molecule has 2 N–H and O–H groups in total. The van der Waals surface area contributed by atoms with Gasteiger partial charge in [0.1, 0.15) is 0 Å². The molecule has 0 unspecified atom stereocenters. The van der Waals surface area contributed by atoms with Crippen molar-refractivity contribution in [1.29, 1.82) is 10.5 Å². The molecule has 0 aromatic rings. The summed E-state index contributed by atoms with van der Waals surface area (Å²) in [6.45, 7) is 25.9. The number of amides is 4. The number of carbonyl (C=O) groups excluding carboxylic acids is 6. The molecule has 4 amide bonds. The van der Waals surface area contributed by atoms with Crippen molar-refractivity contribution in [1.82, 2.24) is 9.80 Å². The Bertz CT molecular complexity index is 747. The van der Waals surface area contributed by atoms with Gasteiger partial charge in [-0.05, 0) is 0 Å². The van der Waals surface area contributed by atoms with Gasteiger partial charge < -0.3 is 24.4 Å². The predicted octanol–water partition coefficient (Wildman–Crippen LogP) is 5.90. The SMILES string of the molecule is C.C.CC.CC.CC.CC.CC(=O)N(C)C(C)=O.CC(=O)N(C)C(C)=O.CC(=O)O.CC(=O)O.CC(=O)OC(C)=O.COC#N.COC#N. The lowest BCUT2D eigenvalue weighted by atomic mass is 10.5. The fraction of sp³-hybridized carbons (Fsp3) is 0.688. The molecular weight excluding hydrogens is 648 g/mol. The highest BCUT2D eigenvalue weighted by Crippen LogP contribution is 1.82. The molecule has 0 aliphatic heterocycles. The van der Waals surface area contributed by atoms with Crippen molar-refractivity contribution in [2.24, 2.45) is 0 Å². The molecule has 0 aliphatic carbocycles. The molecule has 0 aromatic carbocycles. The number of aliphatic carboxylic acids is 2. The van der Waals surface area contributed by atoms with E-state index in [2.05, 4.69) is 14.2 Å². The van der Waals surface area contributed by atoms with Gasteiger partial charge in [-0.3, -0.25) is 48.2 Å². The molecule has 17 heteroatoms. The summed E-state index contributed by atoms with van der Waals surface area (Å²) in [6, 6.07) is 0. The Morgan fingerprint density at radius 2 is 0.571 bits per heavy atom. The zero-order valence-corrected chi connectivity index (χ0v) is 32.2. The number of carboxylic acid groups (broad SMARTS) is 2. The predicted molar refractivity (Wildman–Crippen MR) is 191 cm³/mol. The number of imide groups is 2. The van der Waals surface area contributed by atoms with Gasteiger partial charge in [-0.25, -0.2) is 0 Å². The van der Waals surface area contributed by atoms with E-state index in [1.165, 1.54) is 82.4 Å². The molecule has 0 bridgehead atoms. The number of nitrogens with zero attached hydrogens (tertiary/aromatic N) is 4. The largest absolute Gasteiger partial charge is 0.481 e. The summed E-state index contributed by atoms with van der Waals surface area (Å²) in [5.41, 5.74) is 0. The van der Waals surface area contributed by atoms with Gasteiger partial charge in [0.25, 0.3) is 24.4 Å². The number of esters is 2. The van der Waals surface area contributed by atoms with E-state index in [1.807, 2.05) is 55.4 Å². The van der Waals surface area contributed by atoms with Gasteiger partial charge in [0, 0.05) is 69.5 Å². The van der Waals surface area contributed by atoms with E-state index in [0.29, 0.717) is 0 Å². The fourth-order valence-corrected chi connectivity index (χ4v) is 0.646. The normalized spacial score (nSPS) is 6.00. The van der Waals surface area contributed by atoms with Crippen molar-refractivity contribution in [2.75, 3.05) is 28.3 Å². The molecule has 0 atom stereocenters. The third kappa shape index (κ3) is 251. The Kier molecular flexibility index (Phi) is 146. The fourth-order valence-electron chi connectivity index (χ4n) is 0.646. The van der Waals surface area contributed by atoms with Gasteiger partial charge in [0.2, 0.25) is 23.6 Å². The van der Waals surface area contributed by atoms with Crippen LogP contribution in [0.5, 0.6) is 0 Å². The van der Waals surface area contributed by atoms with Crippen LogP contribution in [0.2, 0.25) is 0 Å². The smallest absolute Gasteiger partial charge is 0.310 e. The van der Waals surface area contributed by atoms with Crippen LogP contribution in [-0.4, -0.2) is 95.8 Å². The van der Waals surface area contributed by atoms with Crippen molar-refractivity contribution < 1.29 is 62.8 Å². The van der Waals surface area contributed by atoms with Crippen LogP contribution in [0, 0.1) is 23.0 Å². The van der Waals surface area contributed by atoms with Crippen LogP contribution in [0.4, 0.5) is 0 Å². The highest BCUT2D eigenvalue weighted by molar-refractivity contribution is 5.92. The maximum atomic E-state index is 10.3. The van der Waals surface area contributed by atoms with Crippen LogP contribution in [0.3, 0.4) is 0 Å². The molecular formula is C32H70N4O13. The zero-order valence-electron chi connectivity index (χ0n) is 32.2. The highest BCUT2D eigenvalue weighted by Gasteiger charge is 2.05.